The lowest BCUT2D eigenvalue weighted by Crippen LogP contribution is -2.17. The molecule has 1 atom stereocenters. The summed E-state index contributed by atoms with van der Waals surface area (Å²) < 4.78 is 29.0. The SMILES string of the molecule is C=CCC1Oc2cccc(C#CC)c2-c2ccc(CS(N)(=O)=O)cc21. The molecule has 0 aromatic heterocycles. The van der Waals surface area contributed by atoms with E-state index in [4.69, 9.17) is 9.88 Å². The molecule has 0 bridgehead atoms. The molecule has 25 heavy (non-hydrogen) atoms. The normalized spacial score (nSPS) is 15.2. The minimum Gasteiger partial charge on any atom is -0.485 e. The highest BCUT2D eigenvalue weighted by Gasteiger charge is 2.27. The highest BCUT2D eigenvalue weighted by atomic mass is 32.2. The minimum absolute atomic E-state index is 0.204. The van der Waals surface area contributed by atoms with Crippen LogP contribution in [0, 0.1) is 11.8 Å². The molecular weight excluding hydrogens is 334 g/mol. The van der Waals surface area contributed by atoms with Crippen molar-refractivity contribution in [3.8, 4) is 28.7 Å². The fraction of sp³-hybridized carbons (Fsp3) is 0.200. The summed E-state index contributed by atoms with van der Waals surface area (Å²) in [6, 6.07) is 11.4. The van der Waals surface area contributed by atoms with E-state index in [0.29, 0.717) is 12.0 Å². The number of nitrogens with two attached hydrogens (primary N) is 1. The van der Waals surface area contributed by atoms with Gasteiger partial charge in [-0.25, -0.2) is 13.6 Å². The molecule has 0 spiro atoms. The zero-order valence-electron chi connectivity index (χ0n) is 14.0. The van der Waals surface area contributed by atoms with E-state index in [1.165, 1.54) is 0 Å². The summed E-state index contributed by atoms with van der Waals surface area (Å²) in [4.78, 5) is 0. The van der Waals surface area contributed by atoms with Gasteiger partial charge in [-0.15, -0.1) is 12.5 Å². The van der Waals surface area contributed by atoms with E-state index in [2.05, 4.69) is 18.4 Å². The number of sulfonamides is 1. The van der Waals surface area contributed by atoms with Gasteiger partial charge in [-0.2, -0.15) is 0 Å². The third-order valence-electron chi connectivity index (χ3n) is 4.04. The molecule has 3 rings (SSSR count). The second-order valence-electron chi connectivity index (χ2n) is 5.91. The highest BCUT2D eigenvalue weighted by molar-refractivity contribution is 7.88. The topological polar surface area (TPSA) is 69.4 Å². The van der Waals surface area contributed by atoms with Crippen LogP contribution in [0.25, 0.3) is 11.1 Å². The third-order valence-corrected chi connectivity index (χ3v) is 4.77. The van der Waals surface area contributed by atoms with Crippen LogP contribution in [-0.4, -0.2) is 8.42 Å². The maximum Gasteiger partial charge on any atom is 0.213 e. The van der Waals surface area contributed by atoms with Gasteiger partial charge in [0.25, 0.3) is 0 Å². The Morgan fingerprint density at radius 2 is 2.12 bits per heavy atom. The molecule has 1 unspecified atom stereocenters. The Kier molecular flexibility index (Phi) is 4.67. The molecule has 4 nitrogen and oxygen atoms in total. The van der Waals surface area contributed by atoms with E-state index >= 15 is 0 Å². The number of benzene rings is 2. The first-order valence-electron chi connectivity index (χ1n) is 7.90. The maximum absolute atomic E-state index is 11.4. The van der Waals surface area contributed by atoms with Crippen molar-refractivity contribution in [1.82, 2.24) is 0 Å². The van der Waals surface area contributed by atoms with Crippen molar-refractivity contribution < 1.29 is 13.2 Å². The maximum atomic E-state index is 11.4. The number of hydrogen-bond donors (Lipinski definition) is 1. The summed E-state index contributed by atoms with van der Waals surface area (Å²) in [5.41, 5.74) is 4.40. The number of ether oxygens (including phenoxy) is 1. The van der Waals surface area contributed by atoms with Crippen molar-refractivity contribution in [2.45, 2.75) is 25.2 Å². The Labute approximate surface area is 148 Å². The van der Waals surface area contributed by atoms with Crippen molar-refractivity contribution in [2.75, 3.05) is 0 Å². The molecule has 0 saturated heterocycles. The Balaban J connectivity index is 2.20. The molecule has 1 heterocycles. The monoisotopic (exact) mass is 353 g/mol. The lowest BCUT2D eigenvalue weighted by atomic mass is 9.88. The van der Waals surface area contributed by atoms with E-state index < -0.39 is 10.0 Å². The number of rotatable bonds is 4. The van der Waals surface area contributed by atoms with Crippen LogP contribution in [0.15, 0.2) is 49.1 Å². The van der Waals surface area contributed by atoms with Gasteiger partial charge in [0.2, 0.25) is 10.0 Å². The first kappa shape index (κ1) is 17.3. The van der Waals surface area contributed by atoms with E-state index in [1.54, 1.807) is 19.1 Å². The summed E-state index contributed by atoms with van der Waals surface area (Å²) >= 11 is 0. The van der Waals surface area contributed by atoms with Crippen LogP contribution in [0.5, 0.6) is 5.75 Å². The molecule has 2 N–H and O–H groups in total. The smallest absolute Gasteiger partial charge is 0.213 e. The first-order valence-corrected chi connectivity index (χ1v) is 9.61. The van der Waals surface area contributed by atoms with E-state index in [1.807, 2.05) is 30.3 Å². The molecule has 0 radical (unpaired) electrons. The standard InChI is InChI=1S/C20H19NO3S/c1-3-6-15-8-5-9-19-20(15)16-11-10-14(13-25(21,22)23)12-17(16)18(24-19)7-4-2/h4-5,8-12,18H,2,7,13H2,1H3,(H2,21,22,23). The Hall–Kier alpha value is -2.55. The van der Waals surface area contributed by atoms with Gasteiger partial charge < -0.3 is 4.74 Å². The molecule has 0 aliphatic carbocycles. The molecule has 1 aliphatic rings. The predicted molar refractivity (Wildman–Crippen MR) is 99.4 cm³/mol. The zero-order valence-corrected chi connectivity index (χ0v) is 14.8. The second-order valence-corrected chi connectivity index (χ2v) is 7.53. The average molecular weight is 353 g/mol. The van der Waals surface area contributed by atoms with Crippen molar-refractivity contribution in [2.24, 2.45) is 5.14 Å². The van der Waals surface area contributed by atoms with Crippen LogP contribution in [0.1, 0.15) is 36.1 Å². The number of fused-ring (bicyclic) bond motifs is 3. The summed E-state index contributed by atoms with van der Waals surface area (Å²) in [7, 11) is -3.59. The second kappa shape index (κ2) is 6.75. The largest absolute Gasteiger partial charge is 0.485 e. The van der Waals surface area contributed by atoms with Gasteiger partial charge in [0.05, 0.1) is 5.75 Å². The van der Waals surface area contributed by atoms with Gasteiger partial charge in [0.15, 0.2) is 0 Å². The fourth-order valence-corrected chi connectivity index (χ4v) is 3.76. The molecule has 0 saturated carbocycles. The molecule has 2 aromatic carbocycles. The third kappa shape index (κ3) is 3.60. The van der Waals surface area contributed by atoms with Crippen molar-refractivity contribution in [3.05, 3.63) is 65.7 Å². The molecule has 0 fully saturated rings. The first-order chi connectivity index (χ1) is 11.9. The molecule has 1 aliphatic heterocycles. The molecule has 2 aromatic rings. The van der Waals surface area contributed by atoms with Crippen LogP contribution in [-0.2, 0) is 15.8 Å². The summed E-state index contributed by atoms with van der Waals surface area (Å²) in [6.45, 7) is 5.59. The Bertz CT molecular complexity index is 997. The van der Waals surface area contributed by atoms with Crippen molar-refractivity contribution >= 4 is 10.0 Å². The predicted octanol–water partition coefficient (Wildman–Crippen LogP) is 3.52. The number of hydrogen-bond acceptors (Lipinski definition) is 3. The zero-order chi connectivity index (χ0) is 18.0. The van der Waals surface area contributed by atoms with Crippen LogP contribution < -0.4 is 9.88 Å². The van der Waals surface area contributed by atoms with Gasteiger partial charge in [-0.1, -0.05) is 36.3 Å². The number of primary sulfonamides is 1. The fourth-order valence-electron chi connectivity index (χ4n) is 3.12. The van der Waals surface area contributed by atoms with E-state index in [-0.39, 0.29) is 11.9 Å². The van der Waals surface area contributed by atoms with Crippen molar-refractivity contribution in [1.29, 1.82) is 0 Å². The van der Waals surface area contributed by atoms with E-state index in [9.17, 15) is 8.42 Å². The van der Waals surface area contributed by atoms with Gasteiger partial charge in [-0.05, 0) is 30.2 Å². The lowest BCUT2D eigenvalue weighted by Gasteiger charge is -2.29. The van der Waals surface area contributed by atoms with Crippen LogP contribution in [0.4, 0.5) is 0 Å². The minimum atomic E-state index is -3.59. The summed E-state index contributed by atoms with van der Waals surface area (Å²) in [5.74, 6) is 6.61. The van der Waals surface area contributed by atoms with Crippen molar-refractivity contribution in [3.63, 3.8) is 0 Å². The Morgan fingerprint density at radius 3 is 2.80 bits per heavy atom. The quantitative estimate of drug-likeness (QED) is 0.675. The van der Waals surface area contributed by atoms with Gasteiger partial charge in [0, 0.05) is 23.1 Å². The van der Waals surface area contributed by atoms with E-state index in [0.717, 1.165) is 28.0 Å². The van der Waals surface area contributed by atoms with Crippen LogP contribution in [0.2, 0.25) is 0 Å². The lowest BCUT2D eigenvalue weighted by molar-refractivity contribution is 0.206. The molecule has 128 valence electrons. The molecule has 5 heteroatoms. The summed E-state index contributed by atoms with van der Waals surface area (Å²) in [5, 5.41) is 5.18. The summed E-state index contributed by atoms with van der Waals surface area (Å²) in [6.07, 6.45) is 2.20. The molecular formula is C20H19NO3S. The highest BCUT2D eigenvalue weighted by Crippen LogP contribution is 2.45. The van der Waals surface area contributed by atoms with Gasteiger partial charge in [0.1, 0.15) is 11.9 Å². The van der Waals surface area contributed by atoms with Gasteiger partial charge in [-0.3, -0.25) is 0 Å². The van der Waals surface area contributed by atoms with Crippen LogP contribution >= 0.6 is 0 Å². The molecule has 0 amide bonds. The Morgan fingerprint density at radius 1 is 1.32 bits per heavy atom. The average Bonchev–Trinajstić information content (AvgIpc) is 2.54. The van der Waals surface area contributed by atoms with Crippen LogP contribution in [0.3, 0.4) is 0 Å². The van der Waals surface area contributed by atoms with Gasteiger partial charge >= 0.3 is 0 Å².